The van der Waals surface area contributed by atoms with Crippen LogP contribution >= 0.6 is 11.3 Å². The Morgan fingerprint density at radius 2 is 2.00 bits per heavy atom. The summed E-state index contributed by atoms with van der Waals surface area (Å²) in [5.74, 6) is -2.16. The molecule has 7 heteroatoms. The molecule has 1 heterocycles. The summed E-state index contributed by atoms with van der Waals surface area (Å²) in [7, 11) is 1.04. The van der Waals surface area contributed by atoms with E-state index < -0.39 is 23.5 Å². The molecule has 0 saturated carbocycles. The first-order chi connectivity index (χ1) is 10.2. The number of methoxy groups -OCH3 is 1. The van der Waals surface area contributed by atoms with Gasteiger partial charge in [0, 0.05) is 9.75 Å². The summed E-state index contributed by atoms with van der Waals surface area (Å²) in [6, 6.07) is 3.58. The summed E-state index contributed by atoms with van der Waals surface area (Å²) in [5, 5.41) is 0. The van der Waals surface area contributed by atoms with E-state index in [0.29, 0.717) is 10.6 Å². The highest BCUT2D eigenvalue weighted by Gasteiger charge is 2.40. The summed E-state index contributed by atoms with van der Waals surface area (Å²) >= 11 is 1.39. The topological polar surface area (TPSA) is 21.6 Å². The lowest BCUT2D eigenvalue weighted by atomic mass is 10.2. The average Bonchev–Trinajstić information content (AvgIpc) is 2.83. The van der Waals surface area contributed by atoms with Crippen molar-refractivity contribution in [3.05, 3.63) is 45.2 Å². The predicted molar refractivity (Wildman–Crippen MR) is 80.8 cm³/mol. The van der Waals surface area contributed by atoms with E-state index in [0.717, 1.165) is 18.1 Å². The number of allylic oxidation sites excluding steroid dienone is 3. The highest BCUT2D eigenvalue weighted by Crippen LogP contribution is 2.35. The Labute approximate surface area is 130 Å². The van der Waals surface area contributed by atoms with Crippen molar-refractivity contribution in [1.82, 2.24) is 0 Å². The third-order valence-electron chi connectivity index (χ3n) is 2.68. The number of ether oxygens (including phenoxy) is 1. The molecule has 0 aliphatic heterocycles. The van der Waals surface area contributed by atoms with Crippen LogP contribution in [0.5, 0.6) is 0 Å². The fourth-order valence-electron chi connectivity index (χ4n) is 1.68. The number of halogens is 4. The van der Waals surface area contributed by atoms with Gasteiger partial charge in [-0.05, 0) is 38.5 Å². The lowest BCUT2D eigenvalue weighted by molar-refractivity contribution is -0.0944. The Bertz CT molecular complexity index is 611. The molecular formula is C15H17F4NOS. The Hall–Kier alpha value is -1.63. The number of nitrogens with zero attached hydrogens (tertiary/aromatic N) is 1. The second-order valence-electron chi connectivity index (χ2n) is 4.45. The SMILES string of the molecule is CC/C=C(F)/C(=C(\N=C(/C)c1ccc(C)s1)OC)C(F)(F)F. The van der Waals surface area contributed by atoms with E-state index in [4.69, 9.17) is 4.74 Å². The Kier molecular flexibility index (Phi) is 6.34. The largest absolute Gasteiger partial charge is 0.480 e. The lowest BCUT2D eigenvalue weighted by Gasteiger charge is -2.13. The number of alkyl halides is 3. The third-order valence-corrected chi connectivity index (χ3v) is 3.79. The highest BCUT2D eigenvalue weighted by atomic mass is 32.1. The van der Waals surface area contributed by atoms with Crippen molar-refractivity contribution < 1.29 is 22.3 Å². The van der Waals surface area contributed by atoms with Crippen LogP contribution in [-0.2, 0) is 4.74 Å². The number of aryl methyl sites for hydroxylation is 1. The van der Waals surface area contributed by atoms with E-state index in [-0.39, 0.29) is 6.42 Å². The molecule has 0 aliphatic rings. The van der Waals surface area contributed by atoms with Gasteiger partial charge in [0.2, 0.25) is 5.88 Å². The van der Waals surface area contributed by atoms with Crippen molar-refractivity contribution in [2.75, 3.05) is 7.11 Å². The van der Waals surface area contributed by atoms with Gasteiger partial charge in [-0.15, -0.1) is 11.3 Å². The minimum atomic E-state index is -4.89. The first-order valence-electron chi connectivity index (χ1n) is 6.54. The zero-order chi connectivity index (χ0) is 16.9. The lowest BCUT2D eigenvalue weighted by Crippen LogP contribution is -2.16. The van der Waals surface area contributed by atoms with E-state index in [2.05, 4.69) is 4.99 Å². The zero-order valence-electron chi connectivity index (χ0n) is 12.7. The summed E-state index contributed by atoms with van der Waals surface area (Å²) in [4.78, 5) is 5.54. The number of aliphatic imine (C=N–C) groups is 1. The van der Waals surface area contributed by atoms with Crippen molar-refractivity contribution in [1.29, 1.82) is 0 Å². The molecular weight excluding hydrogens is 318 g/mol. The molecule has 2 nitrogen and oxygen atoms in total. The van der Waals surface area contributed by atoms with Crippen molar-refractivity contribution >= 4 is 17.0 Å². The van der Waals surface area contributed by atoms with Crippen LogP contribution < -0.4 is 0 Å². The fourth-order valence-corrected chi connectivity index (χ4v) is 2.49. The first kappa shape index (κ1) is 18.4. The maximum Gasteiger partial charge on any atom is 0.424 e. The Balaban J connectivity index is 3.42. The molecule has 0 atom stereocenters. The molecule has 0 fully saturated rings. The van der Waals surface area contributed by atoms with Crippen LogP contribution in [0.4, 0.5) is 17.6 Å². The van der Waals surface area contributed by atoms with Gasteiger partial charge in [-0.2, -0.15) is 13.2 Å². The Morgan fingerprint density at radius 3 is 2.41 bits per heavy atom. The number of thiophene rings is 1. The molecule has 0 unspecified atom stereocenters. The zero-order valence-corrected chi connectivity index (χ0v) is 13.5. The molecule has 22 heavy (non-hydrogen) atoms. The highest BCUT2D eigenvalue weighted by molar-refractivity contribution is 7.14. The maximum absolute atomic E-state index is 13.8. The number of hydrogen-bond acceptors (Lipinski definition) is 3. The summed E-state index contributed by atoms with van der Waals surface area (Å²) in [5.41, 5.74) is -1.16. The van der Waals surface area contributed by atoms with Gasteiger partial charge in [-0.25, -0.2) is 9.38 Å². The second-order valence-corrected chi connectivity index (χ2v) is 5.74. The summed E-state index contributed by atoms with van der Waals surface area (Å²) in [6.07, 6.45) is -3.91. The molecule has 0 amide bonds. The van der Waals surface area contributed by atoms with Gasteiger partial charge in [0.15, 0.2) is 5.57 Å². The van der Waals surface area contributed by atoms with E-state index in [1.165, 1.54) is 11.3 Å². The van der Waals surface area contributed by atoms with Crippen LogP contribution in [0.2, 0.25) is 0 Å². The Morgan fingerprint density at radius 1 is 1.36 bits per heavy atom. The average molecular weight is 335 g/mol. The molecule has 0 aliphatic carbocycles. The fraction of sp³-hybridized carbons (Fsp3) is 0.400. The smallest absolute Gasteiger partial charge is 0.424 e. The van der Waals surface area contributed by atoms with Crippen molar-refractivity contribution in [2.45, 2.75) is 33.4 Å². The molecule has 0 aromatic carbocycles. The molecule has 0 spiro atoms. The van der Waals surface area contributed by atoms with Crippen LogP contribution in [0.3, 0.4) is 0 Å². The monoisotopic (exact) mass is 335 g/mol. The van der Waals surface area contributed by atoms with Gasteiger partial charge in [0.05, 0.1) is 12.8 Å². The normalized spacial score (nSPS) is 14.9. The van der Waals surface area contributed by atoms with Crippen LogP contribution in [0.25, 0.3) is 0 Å². The van der Waals surface area contributed by atoms with Crippen molar-refractivity contribution in [3.8, 4) is 0 Å². The predicted octanol–water partition coefficient (Wildman–Crippen LogP) is 5.55. The van der Waals surface area contributed by atoms with E-state index >= 15 is 0 Å². The van der Waals surface area contributed by atoms with Crippen LogP contribution in [0.1, 0.15) is 30.0 Å². The maximum atomic E-state index is 13.8. The van der Waals surface area contributed by atoms with Crippen molar-refractivity contribution in [3.63, 3.8) is 0 Å². The number of hydrogen-bond donors (Lipinski definition) is 0. The van der Waals surface area contributed by atoms with E-state index in [1.807, 2.05) is 13.0 Å². The van der Waals surface area contributed by atoms with Crippen LogP contribution in [0, 0.1) is 6.92 Å². The van der Waals surface area contributed by atoms with Gasteiger partial charge < -0.3 is 4.74 Å². The standard InChI is InChI=1S/C15H17F4NOS/c1-5-6-11(16)13(15(17,18)19)14(21-4)20-10(3)12-8-7-9(2)22-12/h6-8H,5H2,1-4H3/b11-6-,14-13-,20-10+. The molecule has 0 N–H and O–H groups in total. The molecule has 1 aromatic rings. The molecule has 1 aromatic heterocycles. The van der Waals surface area contributed by atoms with Gasteiger partial charge in [0.1, 0.15) is 5.83 Å². The molecule has 122 valence electrons. The minimum Gasteiger partial charge on any atom is -0.480 e. The van der Waals surface area contributed by atoms with Gasteiger partial charge in [-0.1, -0.05) is 6.92 Å². The summed E-state index contributed by atoms with van der Waals surface area (Å²) < 4.78 is 57.8. The van der Waals surface area contributed by atoms with Gasteiger partial charge in [-0.3, -0.25) is 0 Å². The quantitative estimate of drug-likeness (QED) is 0.299. The first-order valence-corrected chi connectivity index (χ1v) is 7.35. The second kappa shape index (κ2) is 7.58. The summed E-state index contributed by atoms with van der Waals surface area (Å²) in [6.45, 7) is 4.97. The van der Waals surface area contributed by atoms with Crippen molar-refractivity contribution in [2.24, 2.45) is 4.99 Å². The molecule has 0 saturated heterocycles. The third kappa shape index (κ3) is 4.69. The van der Waals surface area contributed by atoms with Crippen LogP contribution in [-0.4, -0.2) is 19.0 Å². The van der Waals surface area contributed by atoms with Gasteiger partial charge in [0.25, 0.3) is 0 Å². The number of rotatable bonds is 5. The minimum absolute atomic E-state index is 0.134. The molecule has 1 rings (SSSR count). The van der Waals surface area contributed by atoms with E-state index in [9.17, 15) is 17.6 Å². The van der Waals surface area contributed by atoms with E-state index in [1.54, 1.807) is 19.9 Å². The van der Waals surface area contributed by atoms with Gasteiger partial charge >= 0.3 is 6.18 Å². The molecule has 0 bridgehead atoms. The molecule has 0 radical (unpaired) electrons. The van der Waals surface area contributed by atoms with Crippen LogP contribution in [0.15, 0.2) is 40.5 Å².